The zero-order valence-electron chi connectivity index (χ0n) is 11.7. The number of carboxylic acid groups (broad SMARTS) is 1. The molecule has 0 atom stereocenters. The molecule has 0 radical (unpaired) electrons. The van der Waals surface area contributed by atoms with Crippen LogP contribution in [0.2, 0.25) is 0 Å². The summed E-state index contributed by atoms with van der Waals surface area (Å²) in [6, 6.07) is 6.32. The topological polar surface area (TPSA) is 43.8 Å². The molecule has 0 aromatic heterocycles. The average molecular weight is 262 g/mol. The number of likely N-dealkylation sites (N-methyl/N-ethyl adjacent to an activating group) is 1. The van der Waals surface area contributed by atoms with Gasteiger partial charge in [0, 0.05) is 38.3 Å². The molecule has 0 saturated carbocycles. The van der Waals surface area contributed by atoms with E-state index in [1.165, 1.54) is 11.3 Å². The second-order valence-electron chi connectivity index (χ2n) is 5.30. The van der Waals surface area contributed by atoms with Crippen molar-refractivity contribution >= 4 is 11.7 Å². The maximum Gasteiger partial charge on any atom is 0.303 e. The molecule has 0 unspecified atom stereocenters. The van der Waals surface area contributed by atoms with Crippen LogP contribution >= 0.6 is 0 Å². The molecule has 0 amide bonds. The second kappa shape index (κ2) is 6.06. The third-order valence-corrected chi connectivity index (χ3v) is 3.73. The number of carbonyl (C=O) groups is 1. The van der Waals surface area contributed by atoms with Crippen LogP contribution in [0.25, 0.3) is 0 Å². The van der Waals surface area contributed by atoms with Gasteiger partial charge in [-0.15, -0.1) is 0 Å². The van der Waals surface area contributed by atoms with Crippen molar-refractivity contribution in [2.24, 2.45) is 0 Å². The third-order valence-electron chi connectivity index (χ3n) is 3.73. The number of nitrogens with zero attached hydrogens (tertiary/aromatic N) is 2. The van der Waals surface area contributed by atoms with Gasteiger partial charge in [0.05, 0.1) is 0 Å². The lowest BCUT2D eigenvalue weighted by atomic mass is 10.0. The maximum absolute atomic E-state index is 10.6. The fourth-order valence-electron chi connectivity index (χ4n) is 2.53. The minimum atomic E-state index is -0.735. The summed E-state index contributed by atoms with van der Waals surface area (Å²) >= 11 is 0. The van der Waals surface area contributed by atoms with E-state index in [1.54, 1.807) is 0 Å². The Kier molecular flexibility index (Phi) is 4.43. The van der Waals surface area contributed by atoms with Gasteiger partial charge in [0.15, 0.2) is 0 Å². The number of aryl methyl sites for hydroxylation is 2. The molecule has 1 aliphatic heterocycles. The Morgan fingerprint density at radius 3 is 2.53 bits per heavy atom. The number of carboxylic acids is 1. The molecule has 104 valence electrons. The molecule has 0 spiro atoms. The molecule has 19 heavy (non-hydrogen) atoms. The third kappa shape index (κ3) is 3.70. The number of hydrogen-bond acceptors (Lipinski definition) is 3. The fraction of sp³-hybridized carbons (Fsp3) is 0.533. The quantitative estimate of drug-likeness (QED) is 0.898. The van der Waals surface area contributed by atoms with Crippen LogP contribution in [0.4, 0.5) is 5.69 Å². The van der Waals surface area contributed by atoms with E-state index in [0.717, 1.165) is 31.7 Å². The Morgan fingerprint density at radius 1 is 1.26 bits per heavy atom. The lowest BCUT2D eigenvalue weighted by Gasteiger charge is -2.35. The summed E-state index contributed by atoms with van der Waals surface area (Å²) < 4.78 is 0. The zero-order chi connectivity index (χ0) is 13.8. The Bertz CT molecular complexity index is 451. The van der Waals surface area contributed by atoms with Gasteiger partial charge in [-0.1, -0.05) is 12.1 Å². The molecule has 1 heterocycles. The van der Waals surface area contributed by atoms with Crippen molar-refractivity contribution in [2.45, 2.75) is 19.8 Å². The van der Waals surface area contributed by atoms with Crippen molar-refractivity contribution in [1.29, 1.82) is 0 Å². The summed E-state index contributed by atoms with van der Waals surface area (Å²) in [5.41, 5.74) is 3.64. The van der Waals surface area contributed by atoms with Crippen LogP contribution in [-0.4, -0.2) is 49.2 Å². The van der Waals surface area contributed by atoms with Crippen LogP contribution < -0.4 is 4.90 Å². The minimum absolute atomic E-state index is 0.202. The monoisotopic (exact) mass is 262 g/mol. The first-order chi connectivity index (χ1) is 9.06. The van der Waals surface area contributed by atoms with Gasteiger partial charge in [0.25, 0.3) is 0 Å². The highest BCUT2D eigenvalue weighted by molar-refractivity contribution is 5.67. The molecule has 0 bridgehead atoms. The van der Waals surface area contributed by atoms with E-state index in [0.29, 0.717) is 6.42 Å². The van der Waals surface area contributed by atoms with E-state index < -0.39 is 5.97 Å². The van der Waals surface area contributed by atoms with E-state index in [9.17, 15) is 4.79 Å². The first kappa shape index (κ1) is 13.9. The fourth-order valence-corrected chi connectivity index (χ4v) is 2.53. The number of hydrogen-bond donors (Lipinski definition) is 1. The highest BCUT2D eigenvalue weighted by atomic mass is 16.4. The van der Waals surface area contributed by atoms with Crippen LogP contribution in [-0.2, 0) is 11.2 Å². The van der Waals surface area contributed by atoms with Gasteiger partial charge in [0.2, 0.25) is 0 Å². The Labute approximate surface area is 114 Å². The standard InChI is InChI=1S/C15H22N2O2/c1-12-11-13(4-6-15(18)19)3-5-14(12)17-9-7-16(2)8-10-17/h3,5,11H,4,6-10H2,1-2H3,(H,18,19). The molecule has 1 aliphatic rings. The van der Waals surface area contributed by atoms with Crippen molar-refractivity contribution in [3.63, 3.8) is 0 Å². The lowest BCUT2D eigenvalue weighted by molar-refractivity contribution is -0.136. The Morgan fingerprint density at radius 2 is 1.95 bits per heavy atom. The van der Waals surface area contributed by atoms with Crippen LogP contribution in [0.3, 0.4) is 0 Å². The normalized spacial score (nSPS) is 16.6. The second-order valence-corrected chi connectivity index (χ2v) is 5.30. The van der Waals surface area contributed by atoms with Crippen molar-refractivity contribution in [1.82, 2.24) is 4.90 Å². The molecule has 1 aromatic carbocycles. The SMILES string of the molecule is Cc1cc(CCC(=O)O)ccc1N1CCN(C)CC1. The molecule has 1 aromatic rings. The van der Waals surface area contributed by atoms with E-state index in [4.69, 9.17) is 5.11 Å². The van der Waals surface area contributed by atoms with Crippen LogP contribution in [0.1, 0.15) is 17.5 Å². The first-order valence-corrected chi connectivity index (χ1v) is 6.81. The van der Waals surface area contributed by atoms with E-state index in [-0.39, 0.29) is 6.42 Å². The summed E-state index contributed by atoms with van der Waals surface area (Å²) in [7, 11) is 2.15. The maximum atomic E-state index is 10.6. The number of anilines is 1. The lowest BCUT2D eigenvalue weighted by Crippen LogP contribution is -2.44. The summed E-state index contributed by atoms with van der Waals surface area (Å²) in [5.74, 6) is -0.735. The number of rotatable bonds is 4. The molecule has 1 N–H and O–H groups in total. The molecule has 1 fully saturated rings. The summed E-state index contributed by atoms with van der Waals surface area (Å²) in [6.07, 6.45) is 0.812. The molecule has 4 heteroatoms. The molecule has 2 rings (SSSR count). The van der Waals surface area contributed by atoms with E-state index >= 15 is 0 Å². The van der Waals surface area contributed by atoms with Gasteiger partial charge in [-0.3, -0.25) is 4.79 Å². The van der Waals surface area contributed by atoms with Crippen LogP contribution in [0, 0.1) is 6.92 Å². The summed E-state index contributed by atoms with van der Waals surface area (Å²) in [6.45, 7) is 6.43. The largest absolute Gasteiger partial charge is 0.481 e. The first-order valence-electron chi connectivity index (χ1n) is 6.81. The van der Waals surface area contributed by atoms with Gasteiger partial charge >= 0.3 is 5.97 Å². The predicted octanol–water partition coefficient (Wildman–Crippen LogP) is 1.76. The molecular formula is C15H22N2O2. The van der Waals surface area contributed by atoms with Crippen molar-refractivity contribution < 1.29 is 9.90 Å². The van der Waals surface area contributed by atoms with E-state index in [1.807, 2.05) is 0 Å². The zero-order valence-corrected chi connectivity index (χ0v) is 11.7. The number of aliphatic carboxylic acids is 1. The van der Waals surface area contributed by atoms with Crippen LogP contribution in [0.5, 0.6) is 0 Å². The van der Waals surface area contributed by atoms with Crippen molar-refractivity contribution in [3.8, 4) is 0 Å². The highest BCUT2D eigenvalue weighted by Crippen LogP contribution is 2.23. The smallest absolute Gasteiger partial charge is 0.303 e. The van der Waals surface area contributed by atoms with Gasteiger partial charge in [-0.2, -0.15) is 0 Å². The van der Waals surface area contributed by atoms with Gasteiger partial charge < -0.3 is 14.9 Å². The van der Waals surface area contributed by atoms with Gasteiger partial charge in [-0.05, 0) is 37.6 Å². The van der Waals surface area contributed by atoms with Crippen molar-refractivity contribution in [2.75, 3.05) is 38.1 Å². The van der Waals surface area contributed by atoms with E-state index in [2.05, 4.69) is 42.0 Å². The summed E-state index contributed by atoms with van der Waals surface area (Å²) in [5, 5.41) is 8.71. The van der Waals surface area contributed by atoms with Crippen molar-refractivity contribution in [3.05, 3.63) is 29.3 Å². The highest BCUT2D eigenvalue weighted by Gasteiger charge is 2.15. The molecular weight excluding hydrogens is 240 g/mol. The molecule has 4 nitrogen and oxygen atoms in total. The number of piperazine rings is 1. The van der Waals surface area contributed by atoms with Gasteiger partial charge in [-0.25, -0.2) is 0 Å². The predicted molar refractivity (Wildman–Crippen MR) is 76.8 cm³/mol. The van der Waals surface area contributed by atoms with Crippen LogP contribution in [0.15, 0.2) is 18.2 Å². The summed E-state index contributed by atoms with van der Waals surface area (Å²) in [4.78, 5) is 15.3. The Hall–Kier alpha value is -1.55. The average Bonchev–Trinajstić information content (AvgIpc) is 2.38. The minimum Gasteiger partial charge on any atom is -0.481 e. The molecule has 0 aliphatic carbocycles. The van der Waals surface area contributed by atoms with Gasteiger partial charge in [0.1, 0.15) is 0 Å². The molecule has 1 saturated heterocycles. The Balaban J connectivity index is 2.04. The number of benzene rings is 1.